The van der Waals surface area contributed by atoms with Gasteiger partial charge in [-0.05, 0) is 32.0 Å². The quantitative estimate of drug-likeness (QED) is 0.754. The van der Waals surface area contributed by atoms with Crippen molar-refractivity contribution in [3.63, 3.8) is 0 Å². The number of amides is 2. The van der Waals surface area contributed by atoms with Gasteiger partial charge in [0.2, 0.25) is 5.91 Å². The third kappa shape index (κ3) is 3.72. The summed E-state index contributed by atoms with van der Waals surface area (Å²) in [5, 5.41) is 2.79. The second-order valence-electron chi connectivity index (χ2n) is 4.96. The zero-order valence-corrected chi connectivity index (χ0v) is 12.2. The number of carbonyl (C=O) groups is 2. The molecule has 21 heavy (non-hydrogen) atoms. The first kappa shape index (κ1) is 15.3. The Morgan fingerprint density at radius 3 is 2.95 bits per heavy atom. The van der Waals surface area contributed by atoms with E-state index in [1.54, 1.807) is 11.8 Å². The van der Waals surface area contributed by atoms with E-state index in [0.717, 1.165) is 12.1 Å². The van der Waals surface area contributed by atoms with Gasteiger partial charge in [-0.1, -0.05) is 12.1 Å². The summed E-state index contributed by atoms with van der Waals surface area (Å²) in [5.41, 5.74) is 6.09. The lowest BCUT2D eigenvalue weighted by molar-refractivity contribution is -0.125. The van der Waals surface area contributed by atoms with Crippen LogP contribution in [-0.4, -0.2) is 37.6 Å². The number of anilines is 1. The molecule has 1 heterocycles. The molecule has 6 nitrogen and oxygen atoms in total. The highest BCUT2D eigenvalue weighted by Gasteiger charge is 2.31. The van der Waals surface area contributed by atoms with Crippen LogP contribution in [0.1, 0.15) is 19.8 Å². The van der Waals surface area contributed by atoms with Crippen LogP contribution < -0.4 is 20.7 Å². The van der Waals surface area contributed by atoms with E-state index in [-0.39, 0.29) is 18.2 Å². The fourth-order valence-electron chi connectivity index (χ4n) is 2.22. The first-order chi connectivity index (χ1) is 10.1. The summed E-state index contributed by atoms with van der Waals surface area (Å²) >= 11 is 0. The number of hydrogen-bond donors (Lipinski definition) is 2. The van der Waals surface area contributed by atoms with Gasteiger partial charge in [0, 0.05) is 19.5 Å². The molecule has 3 N–H and O–H groups in total. The summed E-state index contributed by atoms with van der Waals surface area (Å²) in [6.45, 7) is 3.18. The van der Waals surface area contributed by atoms with E-state index in [1.807, 2.05) is 24.3 Å². The van der Waals surface area contributed by atoms with E-state index in [1.165, 1.54) is 0 Å². The molecule has 0 spiro atoms. The Morgan fingerprint density at radius 1 is 1.43 bits per heavy atom. The van der Waals surface area contributed by atoms with Gasteiger partial charge in [0.05, 0.1) is 5.69 Å². The molecule has 1 unspecified atom stereocenters. The molecule has 0 saturated heterocycles. The van der Waals surface area contributed by atoms with Gasteiger partial charge in [-0.3, -0.25) is 9.59 Å². The topological polar surface area (TPSA) is 84.7 Å². The molecule has 114 valence electrons. The van der Waals surface area contributed by atoms with E-state index in [9.17, 15) is 9.59 Å². The first-order valence-electron chi connectivity index (χ1n) is 7.17. The van der Waals surface area contributed by atoms with Crippen molar-refractivity contribution in [1.82, 2.24) is 5.32 Å². The Kier molecular flexibility index (Phi) is 5.16. The highest BCUT2D eigenvalue weighted by atomic mass is 16.5. The van der Waals surface area contributed by atoms with Crippen LogP contribution >= 0.6 is 0 Å². The van der Waals surface area contributed by atoms with Gasteiger partial charge >= 0.3 is 0 Å². The lowest BCUT2D eigenvalue weighted by atomic mass is 10.1. The summed E-state index contributed by atoms with van der Waals surface area (Å²) in [7, 11) is 0. The monoisotopic (exact) mass is 291 g/mol. The molecule has 1 aromatic carbocycles. The van der Waals surface area contributed by atoms with Crippen molar-refractivity contribution in [2.75, 3.05) is 24.5 Å². The second-order valence-corrected chi connectivity index (χ2v) is 4.96. The fraction of sp³-hybridized carbons (Fsp3) is 0.467. The second kappa shape index (κ2) is 7.08. The predicted octanol–water partition coefficient (Wildman–Crippen LogP) is 0.656. The zero-order valence-electron chi connectivity index (χ0n) is 12.2. The molecule has 0 saturated carbocycles. The third-order valence-corrected chi connectivity index (χ3v) is 3.34. The van der Waals surface area contributed by atoms with E-state index in [0.29, 0.717) is 25.4 Å². The summed E-state index contributed by atoms with van der Waals surface area (Å²) in [4.78, 5) is 25.6. The number of fused-ring (bicyclic) bond motifs is 1. The maximum atomic E-state index is 12.2. The molecule has 0 fully saturated rings. The molecule has 1 aromatic rings. The van der Waals surface area contributed by atoms with Gasteiger partial charge in [0.15, 0.2) is 6.10 Å². The number of para-hydroxylation sites is 2. The van der Waals surface area contributed by atoms with Gasteiger partial charge in [0.1, 0.15) is 5.75 Å². The Hall–Kier alpha value is -2.08. The molecule has 1 aliphatic heterocycles. The molecule has 2 amide bonds. The minimum atomic E-state index is -0.528. The number of carbonyl (C=O) groups excluding carboxylic acids is 2. The molecule has 2 rings (SSSR count). The van der Waals surface area contributed by atoms with E-state index < -0.39 is 6.10 Å². The van der Waals surface area contributed by atoms with Crippen LogP contribution in [0.15, 0.2) is 24.3 Å². The van der Waals surface area contributed by atoms with Gasteiger partial charge < -0.3 is 20.7 Å². The van der Waals surface area contributed by atoms with Gasteiger partial charge in [0.25, 0.3) is 5.91 Å². The normalized spacial score (nSPS) is 17.1. The number of nitrogens with zero attached hydrogens (tertiary/aromatic N) is 1. The van der Waals surface area contributed by atoms with Crippen LogP contribution in [0.5, 0.6) is 5.75 Å². The van der Waals surface area contributed by atoms with E-state index in [4.69, 9.17) is 10.5 Å². The van der Waals surface area contributed by atoms with Crippen molar-refractivity contribution in [2.24, 2.45) is 5.73 Å². The zero-order chi connectivity index (χ0) is 15.2. The van der Waals surface area contributed by atoms with Crippen LogP contribution in [0, 0.1) is 0 Å². The van der Waals surface area contributed by atoms with Crippen molar-refractivity contribution in [2.45, 2.75) is 25.9 Å². The molecule has 0 bridgehead atoms. The molecule has 0 aromatic heterocycles. The highest BCUT2D eigenvalue weighted by molar-refractivity contribution is 6.00. The average molecular weight is 291 g/mol. The molecular weight excluding hydrogens is 270 g/mol. The van der Waals surface area contributed by atoms with Gasteiger partial charge in [-0.15, -0.1) is 0 Å². The number of benzene rings is 1. The molecule has 6 heteroatoms. The van der Waals surface area contributed by atoms with Crippen molar-refractivity contribution >= 4 is 17.5 Å². The highest BCUT2D eigenvalue weighted by Crippen LogP contribution is 2.33. The van der Waals surface area contributed by atoms with Crippen LogP contribution in [0.2, 0.25) is 0 Å². The minimum absolute atomic E-state index is 0.0760. The van der Waals surface area contributed by atoms with Crippen molar-refractivity contribution in [3.8, 4) is 5.75 Å². The summed E-state index contributed by atoms with van der Waals surface area (Å²) < 4.78 is 5.55. The Morgan fingerprint density at radius 2 is 2.19 bits per heavy atom. The van der Waals surface area contributed by atoms with Crippen molar-refractivity contribution in [1.29, 1.82) is 0 Å². The number of ether oxygens (including phenoxy) is 1. The van der Waals surface area contributed by atoms with Crippen LogP contribution in [-0.2, 0) is 9.59 Å². The van der Waals surface area contributed by atoms with Crippen LogP contribution in [0.25, 0.3) is 0 Å². The Balaban J connectivity index is 1.98. The number of rotatable bonds is 6. The Bertz CT molecular complexity index is 519. The van der Waals surface area contributed by atoms with E-state index >= 15 is 0 Å². The number of nitrogens with one attached hydrogen (secondary N) is 1. The molecule has 0 aliphatic carbocycles. The smallest absolute Gasteiger partial charge is 0.267 e. The fourth-order valence-corrected chi connectivity index (χ4v) is 2.22. The number of hydrogen-bond acceptors (Lipinski definition) is 4. The number of nitrogens with two attached hydrogens (primary N) is 1. The lowest BCUT2D eigenvalue weighted by Gasteiger charge is -2.32. The predicted molar refractivity (Wildman–Crippen MR) is 80.2 cm³/mol. The van der Waals surface area contributed by atoms with Crippen molar-refractivity contribution in [3.05, 3.63) is 24.3 Å². The molecule has 1 aliphatic rings. The summed E-state index contributed by atoms with van der Waals surface area (Å²) in [6, 6.07) is 7.36. The maximum absolute atomic E-state index is 12.2. The summed E-state index contributed by atoms with van der Waals surface area (Å²) in [5.74, 6) is 0.476. The summed E-state index contributed by atoms with van der Waals surface area (Å²) in [6.07, 6.45) is 0.486. The van der Waals surface area contributed by atoms with Gasteiger partial charge in [-0.25, -0.2) is 0 Å². The SMILES string of the molecule is CC1Oc2ccccc2N(CCC(=O)NCCCN)C1=O. The lowest BCUT2D eigenvalue weighted by Crippen LogP contribution is -2.45. The van der Waals surface area contributed by atoms with E-state index in [2.05, 4.69) is 5.32 Å². The maximum Gasteiger partial charge on any atom is 0.267 e. The molecule has 0 radical (unpaired) electrons. The molecule has 1 atom stereocenters. The Labute approximate surface area is 124 Å². The minimum Gasteiger partial charge on any atom is -0.479 e. The largest absolute Gasteiger partial charge is 0.479 e. The molecular formula is C15H21N3O3. The van der Waals surface area contributed by atoms with Crippen LogP contribution in [0.4, 0.5) is 5.69 Å². The van der Waals surface area contributed by atoms with Crippen molar-refractivity contribution < 1.29 is 14.3 Å². The first-order valence-corrected chi connectivity index (χ1v) is 7.17. The van der Waals surface area contributed by atoms with Crippen LogP contribution in [0.3, 0.4) is 0 Å². The average Bonchev–Trinajstić information content (AvgIpc) is 2.48. The standard InChI is InChI=1S/C15H21N3O3/c1-11-15(20)18(10-7-14(19)17-9-4-8-16)12-5-2-3-6-13(12)21-11/h2-3,5-6,11H,4,7-10,16H2,1H3,(H,17,19). The van der Waals surface area contributed by atoms with Gasteiger partial charge in [-0.2, -0.15) is 0 Å². The third-order valence-electron chi connectivity index (χ3n) is 3.34.